The van der Waals surface area contributed by atoms with E-state index in [2.05, 4.69) is 0 Å². The number of carbonyl (C=O) groups is 1. The second-order valence-electron chi connectivity index (χ2n) is 8.21. The van der Waals surface area contributed by atoms with Gasteiger partial charge in [-0.3, -0.25) is 4.79 Å². The van der Waals surface area contributed by atoms with Crippen LogP contribution in [0.3, 0.4) is 0 Å². The fourth-order valence-corrected chi connectivity index (χ4v) is 6.12. The SMILES string of the molecule is O=C(COc1ccc(S(=O)(=O)N2CCOCC2)cc1)N1CC[C@@H]2CCCC[C@H]2C1. The molecule has 2 aliphatic heterocycles. The maximum Gasteiger partial charge on any atom is 0.260 e. The van der Waals surface area contributed by atoms with Gasteiger partial charge in [-0.15, -0.1) is 0 Å². The Labute approximate surface area is 173 Å². The van der Waals surface area contributed by atoms with Gasteiger partial charge in [0.25, 0.3) is 5.91 Å². The predicted molar refractivity (Wildman–Crippen MR) is 108 cm³/mol. The second kappa shape index (κ2) is 9.02. The lowest BCUT2D eigenvalue weighted by Crippen LogP contribution is -2.46. The molecule has 0 aromatic heterocycles. The van der Waals surface area contributed by atoms with Crippen molar-refractivity contribution in [1.29, 1.82) is 0 Å². The summed E-state index contributed by atoms with van der Waals surface area (Å²) >= 11 is 0. The van der Waals surface area contributed by atoms with Crippen molar-refractivity contribution in [3.8, 4) is 5.75 Å². The third-order valence-electron chi connectivity index (χ3n) is 6.44. The highest BCUT2D eigenvalue weighted by atomic mass is 32.2. The Balaban J connectivity index is 1.30. The summed E-state index contributed by atoms with van der Waals surface area (Å²) in [6.07, 6.45) is 6.25. The van der Waals surface area contributed by atoms with E-state index < -0.39 is 10.0 Å². The van der Waals surface area contributed by atoms with Gasteiger partial charge in [0.05, 0.1) is 18.1 Å². The number of fused-ring (bicyclic) bond motifs is 1. The Morgan fingerprint density at radius 3 is 2.41 bits per heavy atom. The highest BCUT2D eigenvalue weighted by Crippen LogP contribution is 2.36. The van der Waals surface area contributed by atoms with E-state index in [1.54, 1.807) is 12.1 Å². The molecule has 29 heavy (non-hydrogen) atoms. The first-order valence-electron chi connectivity index (χ1n) is 10.6. The molecular weight excluding hydrogens is 392 g/mol. The van der Waals surface area contributed by atoms with Gasteiger partial charge >= 0.3 is 0 Å². The van der Waals surface area contributed by atoms with Crippen LogP contribution in [0.1, 0.15) is 32.1 Å². The van der Waals surface area contributed by atoms with Crippen LogP contribution in [-0.4, -0.2) is 69.5 Å². The first-order chi connectivity index (χ1) is 14.0. The van der Waals surface area contributed by atoms with E-state index in [1.165, 1.54) is 42.1 Å². The summed E-state index contributed by atoms with van der Waals surface area (Å²) in [6.45, 7) is 3.23. The molecule has 2 atom stereocenters. The monoisotopic (exact) mass is 422 g/mol. The summed E-state index contributed by atoms with van der Waals surface area (Å²) in [5.74, 6) is 1.95. The molecule has 2 saturated heterocycles. The number of rotatable bonds is 5. The van der Waals surface area contributed by atoms with Crippen molar-refractivity contribution in [3.05, 3.63) is 24.3 Å². The van der Waals surface area contributed by atoms with Crippen molar-refractivity contribution in [2.24, 2.45) is 11.8 Å². The number of nitrogens with zero attached hydrogens (tertiary/aromatic N) is 2. The van der Waals surface area contributed by atoms with Crippen molar-refractivity contribution in [2.45, 2.75) is 37.0 Å². The lowest BCUT2D eigenvalue weighted by molar-refractivity contribution is -0.136. The lowest BCUT2D eigenvalue weighted by Gasteiger charge is -2.41. The number of sulfonamides is 1. The number of hydrogen-bond donors (Lipinski definition) is 0. The van der Waals surface area contributed by atoms with Crippen LogP contribution in [0.2, 0.25) is 0 Å². The molecule has 0 N–H and O–H groups in total. The quantitative estimate of drug-likeness (QED) is 0.727. The van der Waals surface area contributed by atoms with Crippen molar-refractivity contribution in [2.75, 3.05) is 46.0 Å². The summed E-state index contributed by atoms with van der Waals surface area (Å²) < 4.78 is 37.6. The summed E-state index contributed by atoms with van der Waals surface area (Å²) in [6, 6.07) is 6.32. The fraction of sp³-hybridized carbons (Fsp3) is 0.667. The molecule has 1 aliphatic carbocycles. The summed E-state index contributed by atoms with van der Waals surface area (Å²) in [5.41, 5.74) is 0. The van der Waals surface area contributed by atoms with E-state index in [1.807, 2.05) is 4.90 Å². The number of piperidine rings is 1. The minimum absolute atomic E-state index is 0.00700. The highest BCUT2D eigenvalue weighted by Gasteiger charge is 2.33. The minimum atomic E-state index is -3.52. The molecule has 1 amide bonds. The van der Waals surface area contributed by atoms with Crippen molar-refractivity contribution in [1.82, 2.24) is 9.21 Å². The smallest absolute Gasteiger partial charge is 0.260 e. The van der Waals surface area contributed by atoms with E-state index in [-0.39, 0.29) is 17.4 Å². The van der Waals surface area contributed by atoms with Gasteiger partial charge in [0, 0.05) is 26.2 Å². The molecule has 1 aromatic carbocycles. The van der Waals surface area contributed by atoms with Gasteiger partial charge in [-0.25, -0.2) is 8.42 Å². The summed E-state index contributed by atoms with van der Waals surface area (Å²) in [7, 11) is -3.52. The number of hydrogen-bond acceptors (Lipinski definition) is 5. The number of likely N-dealkylation sites (tertiary alicyclic amines) is 1. The number of morpholine rings is 1. The van der Waals surface area contributed by atoms with Crippen LogP contribution < -0.4 is 4.74 Å². The van der Waals surface area contributed by atoms with Crippen LogP contribution in [0.5, 0.6) is 5.75 Å². The van der Waals surface area contributed by atoms with Crippen molar-refractivity contribution in [3.63, 3.8) is 0 Å². The van der Waals surface area contributed by atoms with Gasteiger partial charge in [-0.1, -0.05) is 19.3 Å². The zero-order chi connectivity index (χ0) is 20.3. The van der Waals surface area contributed by atoms with E-state index in [0.717, 1.165) is 25.4 Å². The molecule has 1 saturated carbocycles. The van der Waals surface area contributed by atoms with Crippen LogP contribution in [-0.2, 0) is 19.6 Å². The van der Waals surface area contributed by atoms with Crippen LogP contribution in [0.15, 0.2) is 29.2 Å². The predicted octanol–water partition coefficient (Wildman–Crippen LogP) is 2.12. The molecule has 0 unspecified atom stereocenters. The molecule has 1 aromatic rings. The topological polar surface area (TPSA) is 76.2 Å². The number of amides is 1. The van der Waals surface area contributed by atoms with Gasteiger partial charge in [-0.05, 0) is 48.9 Å². The molecule has 0 spiro atoms. The maximum atomic E-state index is 12.7. The maximum absolute atomic E-state index is 12.7. The first-order valence-corrected chi connectivity index (χ1v) is 12.1. The van der Waals surface area contributed by atoms with Gasteiger partial charge < -0.3 is 14.4 Å². The number of benzene rings is 1. The average Bonchev–Trinajstić information content (AvgIpc) is 2.78. The van der Waals surface area contributed by atoms with E-state index in [9.17, 15) is 13.2 Å². The average molecular weight is 423 g/mol. The Hall–Kier alpha value is -1.64. The largest absolute Gasteiger partial charge is 0.484 e. The molecule has 0 bridgehead atoms. The first kappa shape index (κ1) is 20.6. The number of carbonyl (C=O) groups excluding carboxylic acids is 1. The van der Waals surface area contributed by atoms with Gasteiger partial charge in [0.2, 0.25) is 10.0 Å². The zero-order valence-electron chi connectivity index (χ0n) is 16.8. The standard InChI is InChI=1S/C21H30N2O5S/c24-21(22-10-9-17-3-1-2-4-18(17)15-22)16-28-19-5-7-20(8-6-19)29(25,26)23-11-13-27-14-12-23/h5-8,17-18H,1-4,9-16H2/t17-,18-/m0/s1. The van der Waals surface area contributed by atoms with Crippen molar-refractivity contribution >= 4 is 15.9 Å². The Kier molecular flexibility index (Phi) is 6.41. The minimum Gasteiger partial charge on any atom is -0.484 e. The number of ether oxygens (including phenoxy) is 2. The molecule has 7 nitrogen and oxygen atoms in total. The molecule has 3 aliphatic rings. The third-order valence-corrected chi connectivity index (χ3v) is 8.35. The molecule has 2 heterocycles. The lowest BCUT2D eigenvalue weighted by atomic mass is 9.75. The second-order valence-corrected chi connectivity index (χ2v) is 10.1. The van der Waals surface area contributed by atoms with Crippen LogP contribution in [0.25, 0.3) is 0 Å². The van der Waals surface area contributed by atoms with E-state index in [4.69, 9.17) is 9.47 Å². The summed E-state index contributed by atoms with van der Waals surface area (Å²) in [4.78, 5) is 14.7. The molecule has 160 valence electrons. The Bertz CT molecular complexity index is 805. The van der Waals surface area contributed by atoms with Crippen LogP contribution in [0.4, 0.5) is 0 Å². The van der Waals surface area contributed by atoms with Crippen LogP contribution >= 0.6 is 0 Å². The normalized spacial score (nSPS) is 26.0. The van der Waals surface area contributed by atoms with Gasteiger partial charge in [0.1, 0.15) is 5.75 Å². The molecule has 0 radical (unpaired) electrons. The van der Waals surface area contributed by atoms with Gasteiger partial charge in [0.15, 0.2) is 6.61 Å². The van der Waals surface area contributed by atoms with Crippen molar-refractivity contribution < 1.29 is 22.7 Å². The molecule has 3 fully saturated rings. The third kappa shape index (κ3) is 4.75. The van der Waals surface area contributed by atoms with Gasteiger partial charge in [-0.2, -0.15) is 4.31 Å². The Morgan fingerprint density at radius 1 is 1.00 bits per heavy atom. The molecular formula is C21H30N2O5S. The molecule has 8 heteroatoms. The highest BCUT2D eigenvalue weighted by molar-refractivity contribution is 7.89. The van der Waals surface area contributed by atoms with E-state index in [0.29, 0.717) is 38.0 Å². The van der Waals surface area contributed by atoms with E-state index >= 15 is 0 Å². The summed E-state index contributed by atoms with van der Waals surface area (Å²) in [5, 5.41) is 0. The van der Waals surface area contributed by atoms with Crippen LogP contribution in [0, 0.1) is 11.8 Å². The Morgan fingerprint density at radius 2 is 1.69 bits per heavy atom. The zero-order valence-corrected chi connectivity index (χ0v) is 17.6. The fourth-order valence-electron chi connectivity index (χ4n) is 4.71. The molecule has 4 rings (SSSR count).